The van der Waals surface area contributed by atoms with E-state index in [0.717, 1.165) is 5.56 Å². The molecule has 10 heteroatoms. The van der Waals surface area contributed by atoms with Crippen molar-refractivity contribution in [3.05, 3.63) is 71.0 Å². The van der Waals surface area contributed by atoms with Crippen LogP contribution >= 0.6 is 11.8 Å². The van der Waals surface area contributed by atoms with Crippen LogP contribution in [-0.2, 0) is 11.3 Å². The second-order valence-corrected chi connectivity index (χ2v) is 9.29. The third kappa shape index (κ3) is 6.69. The Bertz CT molecular complexity index is 1210. The highest BCUT2D eigenvalue weighted by Gasteiger charge is 2.26. The number of rotatable bonds is 10. The van der Waals surface area contributed by atoms with Crippen molar-refractivity contribution in [2.75, 3.05) is 11.1 Å². The number of aromatic nitrogens is 3. The summed E-state index contributed by atoms with van der Waals surface area (Å²) in [6.45, 7) is 8.46. The Hall–Kier alpha value is -3.66. The van der Waals surface area contributed by atoms with Gasteiger partial charge in [-0.15, -0.1) is 10.2 Å². The van der Waals surface area contributed by atoms with Crippen molar-refractivity contribution in [3.63, 3.8) is 0 Å². The van der Waals surface area contributed by atoms with Crippen LogP contribution in [-0.4, -0.2) is 38.3 Å². The van der Waals surface area contributed by atoms with E-state index >= 15 is 0 Å². The number of carbonyl (C=O) groups excluding carboxylic acids is 3. The fourth-order valence-electron chi connectivity index (χ4n) is 3.49. The van der Waals surface area contributed by atoms with Gasteiger partial charge in [0, 0.05) is 17.8 Å². The highest BCUT2D eigenvalue weighted by Crippen LogP contribution is 2.26. The van der Waals surface area contributed by atoms with Gasteiger partial charge < -0.3 is 25.1 Å². The quantitative estimate of drug-likeness (QED) is 0.415. The lowest BCUT2D eigenvalue weighted by Gasteiger charge is -2.22. The number of hydrogen-bond acceptors (Lipinski definition) is 7. The maximum atomic E-state index is 12.9. The standard InChI is InChI=1S/C25H29N5O4S/c1-5-30-22(21(15(2)3)27-23(32)18-8-6-7-16(4)13-18)28-29-25(30)35-14-20(31)26-19-11-9-17(10-12-19)24(33)34/h6-13,15,21H,5,14H2,1-4H3,(H,26,31)(H,27,32)(H,33,34)/p-1/t21-/m1/s1. The molecule has 1 aromatic heterocycles. The molecule has 0 aliphatic heterocycles. The number of carboxylic acid groups (broad SMARTS) is 1. The van der Waals surface area contributed by atoms with Gasteiger partial charge in [0.05, 0.1) is 17.8 Å². The van der Waals surface area contributed by atoms with E-state index < -0.39 is 5.97 Å². The summed E-state index contributed by atoms with van der Waals surface area (Å²) in [5, 5.41) is 25.8. The molecule has 2 aromatic carbocycles. The number of aryl methyl sites for hydroxylation is 1. The maximum Gasteiger partial charge on any atom is 0.251 e. The first-order valence-electron chi connectivity index (χ1n) is 11.2. The van der Waals surface area contributed by atoms with Crippen LogP contribution in [0.4, 0.5) is 5.69 Å². The van der Waals surface area contributed by atoms with Crippen molar-refractivity contribution in [1.82, 2.24) is 20.1 Å². The number of benzene rings is 2. The van der Waals surface area contributed by atoms with Crippen molar-refractivity contribution < 1.29 is 19.5 Å². The average Bonchev–Trinajstić information content (AvgIpc) is 3.23. The van der Waals surface area contributed by atoms with Crippen LogP contribution in [0.3, 0.4) is 0 Å². The smallest absolute Gasteiger partial charge is 0.251 e. The molecular weight excluding hydrogens is 466 g/mol. The lowest BCUT2D eigenvalue weighted by molar-refractivity contribution is -0.255. The van der Waals surface area contributed by atoms with Crippen LogP contribution in [0.25, 0.3) is 0 Å². The fraction of sp³-hybridized carbons (Fsp3) is 0.320. The van der Waals surface area contributed by atoms with Crippen LogP contribution in [0.15, 0.2) is 53.7 Å². The van der Waals surface area contributed by atoms with Crippen LogP contribution < -0.4 is 15.7 Å². The van der Waals surface area contributed by atoms with E-state index in [1.807, 2.05) is 50.5 Å². The minimum absolute atomic E-state index is 0.0372. The second-order valence-electron chi connectivity index (χ2n) is 8.35. The summed E-state index contributed by atoms with van der Waals surface area (Å²) in [5.41, 5.74) is 2.10. The Kier molecular flexibility index (Phi) is 8.64. The van der Waals surface area contributed by atoms with Crippen LogP contribution in [0.2, 0.25) is 0 Å². The normalized spacial score (nSPS) is 11.8. The van der Waals surface area contributed by atoms with E-state index in [1.54, 1.807) is 6.07 Å². The highest BCUT2D eigenvalue weighted by molar-refractivity contribution is 7.99. The van der Waals surface area contributed by atoms with Gasteiger partial charge in [-0.25, -0.2) is 0 Å². The average molecular weight is 495 g/mol. The predicted molar refractivity (Wildman–Crippen MR) is 132 cm³/mol. The number of aromatic carboxylic acids is 1. The predicted octanol–water partition coefficient (Wildman–Crippen LogP) is 2.83. The Morgan fingerprint density at radius 2 is 1.77 bits per heavy atom. The number of amides is 2. The zero-order valence-corrected chi connectivity index (χ0v) is 20.9. The summed E-state index contributed by atoms with van der Waals surface area (Å²) in [6.07, 6.45) is 0. The second kappa shape index (κ2) is 11.7. The molecule has 3 aromatic rings. The summed E-state index contributed by atoms with van der Waals surface area (Å²) in [6, 6.07) is 12.8. The molecule has 2 amide bonds. The van der Waals surface area contributed by atoms with Gasteiger partial charge in [-0.2, -0.15) is 0 Å². The molecule has 184 valence electrons. The summed E-state index contributed by atoms with van der Waals surface area (Å²) < 4.78 is 1.90. The third-order valence-corrected chi connectivity index (χ3v) is 6.28. The minimum atomic E-state index is -1.28. The van der Waals surface area contributed by atoms with Crippen molar-refractivity contribution in [2.24, 2.45) is 5.92 Å². The molecule has 0 aliphatic rings. The Morgan fingerprint density at radius 1 is 1.06 bits per heavy atom. The molecule has 0 spiro atoms. The molecule has 9 nitrogen and oxygen atoms in total. The van der Waals surface area contributed by atoms with Crippen molar-refractivity contribution in [1.29, 1.82) is 0 Å². The first-order valence-corrected chi connectivity index (χ1v) is 12.2. The Balaban J connectivity index is 1.68. The van der Waals surface area contributed by atoms with Gasteiger partial charge in [-0.3, -0.25) is 9.59 Å². The Morgan fingerprint density at radius 3 is 2.37 bits per heavy atom. The number of carbonyl (C=O) groups is 3. The zero-order valence-electron chi connectivity index (χ0n) is 20.1. The monoisotopic (exact) mass is 494 g/mol. The van der Waals surface area contributed by atoms with Crippen LogP contribution in [0.5, 0.6) is 0 Å². The lowest BCUT2D eigenvalue weighted by Crippen LogP contribution is -2.33. The molecule has 1 atom stereocenters. The van der Waals surface area contributed by atoms with Gasteiger partial charge in [0.1, 0.15) is 0 Å². The SMILES string of the molecule is CCn1c(SCC(=O)Nc2ccc(C(=O)[O-])cc2)nnc1[C@H](NC(=O)c1cccc(C)c1)C(C)C. The topological polar surface area (TPSA) is 129 Å². The van der Waals surface area contributed by atoms with Crippen LogP contribution in [0, 0.1) is 12.8 Å². The minimum Gasteiger partial charge on any atom is -0.545 e. The molecule has 0 saturated carbocycles. The third-order valence-electron chi connectivity index (χ3n) is 5.31. The summed E-state index contributed by atoms with van der Waals surface area (Å²) in [5.74, 6) is -0.953. The molecule has 1 heterocycles. The lowest BCUT2D eigenvalue weighted by atomic mass is 10.0. The molecule has 2 N–H and O–H groups in total. The first-order chi connectivity index (χ1) is 16.7. The summed E-state index contributed by atoms with van der Waals surface area (Å²) >= 11 is 1.23. The van der Waals surface area contributed by atoms with E-state index in [9.17, 15) is 19.5 Å². The molecule has 0 fully saturated rings. The number of carboxylic acids is 1. The van der Waals surface area contributed by atoms with Gasteiger partial charge in [0.15, 0.2) is 11.0 Å². The van der Waals surface area contributed by atoms with E-state index in [4.69, 9.17) is 0 Å². The Labute approximate surface area is 208 Å². The van der Waals surface area contributed by atoms with Gasteiger partial charge in [0.2, 0.25) is 5.91 Å². The van der Waals surface area contributed by atoms with Crippen LogP contribution in [0.1, 0.15) is 58.9 Å². The fourth-order valence-corrected chi connectivity index (χ4v) is 4.30. The molecule has 3 rings (SSSR count). The zero-order chi connectivity index (χ0) is 25.5. The summed E-state index contributed by atoms with van der Waals surface area (Å²) in [4.78, 5) is 36.1. The number of nitrogens with zero attached hydrogens (tertiary/aromatic N) is 3. The van der Waals surface area contributed by atoms with Gasteiger partial charge in [-0.05, 0) is 49.6 Å². The molecule has 0 radical (unpaired) electrons. The first kappa shape index (κ1) is 26.0. The van der Waals surface area contributed by atoms with E-state index in [0.29, 0.717) is 28.8 Å². The van der Waals surface area contributed by atoms with Gasteiger partial charge in [0.25, 0.3) is 5.91 Å². The largest absolute Gasteiger partial charge is 0.545 e. The molecule has 0 aliphatic carbocycles. The highest BCUT2D eigenvalue weighted by atomic mass is 32.2. The number of hydrogen-bond donors (Lipinski definition) is 2. The molecule has 0 unspecified atom stereocenters. The maximum absolute atomic E-state index is 12.9. The molecule has 0 bridgehead atoms. The van der Waals surface area contributed by atoms with Gasteiger partial charge >= 0.3 is 0 Å². The van der Waals surface area contributed by atoms with E-state index in [2.05, 4.69) is 20.8 Å². The summed E-state index contributed by atoms with van der Waals surface area (Å²) in [7, 11) is 0. The van der Waals surface area contributed by atoms with Crippen molar-refractivity contribution in [2.45, 2.75) is 45.4 Å². The number of thioether (sulfide) groups is 1. The number of nitrogens with one attached hydrogen (secondary N) is 2. The van der Waals surface area contributed by atoms with Crippen molar-refractivity contribution in [3.8, 4) is 0 Å². The molecular formula is C25H28N5O4S-. The van der Waals surface area contributed by atoms with E-state index in [1.165, 1.54) is 36.0 Å². The number of anilines is 1. The van der Waals surface area contributed by atoms with Crippen molar-refractivity contribution >= 4 is 35.2 Å². The molecule has 35 heavy (non-hydrogen) atoms. The van der Waals surface area contributed by atoms with Gasteiger partial charge in [-0.1, -0.05) is 55.4 Å². The molecule has 0 saturated heterocycles. The van der Waals surface area contributed by atoms with E-state index in [-0.39, 0.29) is 35.1 Å².